The second kappa shape index (κ2) is 4.91. The van der Waals surface area contributed by atoms with Gasteiger partial charge < -0.3 is 9.80 Å². The molecule has 21 heavy (non-hydrogen) atoms. The molecule has 2 aromatic heterocycles. The summed E-state index contributed by atoms with van der Waals surface area (Å²) in [5.41, 5.74) is 0.767. The van der Waals surface area contributed by atoms with Gasteiger partial charge in [-0.05, 0) is 26.0 Å². The van der Waals surface area contributed by atoms with Crippen LogP contribution in [0.25, 0.3) is 5.52 Å². The van der Waals surface area contributed by atoms with Crippen LogP contribution in [0.1, 0.15) is 20.8 Å². The molecule has 1 aliphatic rings. The molecule has 0 saturated carbocycles. The van der Waals surface area contributed by atoms with Crippen LogP contribution in [-0.2, 0) is 4.79 Å². The van der Waals surface area contributed by atoms with Crippen LogP contribution in [0, 0.1) is 0 Å². The number of carbonyl (C=O) groups is 1. The summed E-state index contributed by atoms with van der Waals surface area (Å²) in [7, 11) is 0. The van der Waals surface area contributed by atoms with Gasteiger partial charge in [0.25, 0.3) is 0 Å². The number of imidazole rings is 1. The van der Waals surface area contributed by atoms with E-state index in [1.807, 2.05) is 21.4 Å². The maximum absolute atomic E-state index is 11.8. The Labute approximate surface area is 129 Å². The maximum atomic E-state index is 11.8. The lowest BCUT2D eigenvalue weighted by atomic mass is 9.98. The van der Waals surface area contributed by atoms with Crippen molar-refractivity contribution in [3.63, 3.8) is 0 Å². The van der Waals surface area contributed by atoms with Crippen molar-refractivity contribution < 1.29 is 4.79 Å². The fraction of sp³-hybridized carbons (Fsp3) is 0.467. The second-order valence-corrected chi connectivity index (χ2v) is 6.56. The predicted octanol–water partition coefficient (Wildman–Crippen LogP) is 2.43. The van der Waals surface area contributed by atoms with Gasteiger partial charge in [-0.2, -0.15) is 0 Å². The smallest absolute Gasteiger partial charge is 0.220 e. The van der Waals surface area contributed by atoms with Gasteiger partial charge >= 0.3 is 0 Å². The van der Waals surface area contributed by atoms with Crippen LogP contribution in [0.3, 0.4) is 0 Å². The number of piperazine rings is 1. The lowest BCUT2D eigenvalue weighted by Gasteiger charge is -2.47. The highest BCUT2D eigenvalue weighted by Crippen LogP contribution is 2.28. The molecular weight excluding hydrogens is 288 g/mol. The van der Waals surface area contributed by atoms with Crippen LogP contribution in [0.2, 0.25) is 5.02 Å². The van der Waals surface area contributed by atoms with Gasteiger partial charge in [0, 0.05) is 31.6 Å². The predicted molar refractivity (Wildman–Crippen MR) is 83.9 cm³/mol. The quantitative estimate of drug-likeness (QED) is 0.812. The second-order valence-electron chi connectivity index (χ2n) is 6.12. The van der Waals surface area contributed by atoms with Crippen LogP contribution in [0.4, 0.5) is 5.82 Å². The zero-order valence-corrected chi connectivity index (χ0v) is 13.3. The first-order valence-corrected chi connectivity index (χ1v) is 7.41. The van der Waals surface area contributed by atoms with Crippen LogP contribution in [-0.4, -0.2) is 45.4 Å². The molecule has 1 aliphatic heterocycles. The van der Waals surface area contributed by atoms with E-state index in [0.29, 0.717) is 11.6 Å². The molecule has 0 N–H and O–H groups in total. The topological polar surface area (TPSA) is 40.9 Å². The van der Waals surface area contributed by atoms with Crippen molar-refractivity contribution in [1.29, 1.82) is 0 Å². The van der Waals surface area contributed by atoms with Gasteiger partial charge in [-0.15, -0.1) is 0 Å². The first-order chi connectivity index (χ1) is 9.88. The molecule has 1 fully saturated rings. The maximum Gasteiger partial charge on any atom is 0.220 e. The van der Waals surface area contributed by atoms with Crippen molar-refractivity contribution in [2.24, 2.45) is 0 Å². The number of carbonyl (C=O) groups excluding carboxylic acids is 1. The van der Waals surface area contributed by atoms with E-state index >= 15 is 0 Å². The molecule has 3 heterocycles. The van der Waals surface area contributed by atoms with Crippen molar-refractivity contribution in [3.8, 4) is 0 Å². The molecule has 0 aromatic carbocycles. The third kappa shape index (κ3) is 2.46. The summed E-state index contributed by atoms with van der Waals surface area (Å²) in [6.07, 6.45) is 3.59. The van der Waals surface area contributed by atoms with Crippen LogP contribution in [0.5, 0.6) is 0 Å². The Kier molecular flexibility index (Phi) is 3.32. The molecule has 5 nitrogen and oxygen atoms in total. The Morgan fingerprint density at radius 3 is 2.76 bits per heavy atom. The molecule has 6 heteroatoms. The van der Waals surface area contributed by atoms with Gasteiger partial charge in [0.15, 0.2) is 0 Å². The molecule has 1 amide bonds. The SMILES string of the molecule is CC(=O)N1CCN(c2cc(Cl)cc3cncn23)CC1(C)C. The Morgan fingerprint density at radius 2 is 2.10 bits per heavy atom. The fourth-order valence-corrected chi connectivity index (χ4v) is 3.37. The number of pyridine rings is 1. The van der Waals surface area contributed by atoms with E-state index in [-0.39, 0.29) is 11.4 Å². The van der Waals surface area contributed by atoms with Crippen molar-refractivity contribution in [2.75, 3.05) is 24.5 Å². The standard InChI is InChI=1S/C15H19ClN4O/c1-11(21)20-5-4-18(9-15(20,2)3)14-7-12(16)6-13-8-17-10-19(13)14/h6-8,10H,4-5,9H2,1-3H3. The molecule has 0 bridgehead atoms. The molecule has 0 atom stereocenters. The summed E-state index contributed by atoms with van der Waals surface area (Å²) in [6, 6.07) is 3.85. The molecular formula is C15H19ClN4O. The number of amides is 1. The van der Waals surface area contributed by atoms with Crippen LogP contribution in [0.15, 0.2) is 24.7 Å². The van der Waals surface area contributed by atoms with E-state index in [1.165, 1.54) is 0 Å². The molecule has 2 aromatic rings. The van der Waals surface area contributed by atoms with E-state index in [9.17, 15) is 4.79 Å². The summed E-state index contributed by atoms with van der Waals surface area (Å²) >= 11 is 6.22. The number of fused-ring (bicyclic) bond motifs is 1. The molecule has 3 rings (SSSR count). The van der Waals surface area contributed by atoms with Gasteiger partial charge in [0.1, 0.15) is 12.1 Å². The highest BCUT2D eigenvalue weighted by atomic mass is 35.5. The van der Waals surface area contributed by atoms with E-state index in [2.05, 4.69) is 23.7 Å². The third-order valence-corrected chi connectivity index (χ3v) is 4.29. The van der Waals surface area contributed by atoms with E-state index in [1.54, 1.807) is 19.4 Å². The number of hydrogen-bond acceptors (Lipinski definition) is 3. The minimum atomic E-state index is -0.209. The molecule has 0 spiro atoms. The highest BCUT2D eigenvalue weighted by Gasteiger charge is 2.35. The van der Waals surface area contributed by atoms with E-state index < -0.39 is 0 Å². The number of hydrogen-bond donors (Lipinski definition) is 0. The number of aromatic nitrogens is 2. The van der Waals surface area contributed by atoms with Gasteiger partial charge in [-0.1, -0.05) is 11.6 Å². The summed E-state index contributed by atoms with van der Waals surface area (Å²) in [5, 5.41) is 0.699. The summed E-state index contributed by atoms with van der Waals surface area (Å²) in [4.78, 5) is 20.1. The number of anilines is 1. The normalized spacial score (nSPS) is 18.3. The molecule has 0 unspecified atom stereocenters. The van der Waals surface area contributed by atoms with Gasteiger partial charge in [-0.3, -0.25) is 9.20 Å². The Morgan fingerprint density at radius 1 is 1.33 bits per heavy atom. The van der Waals surface area contributed by atoms with Gasteiger partial charge in [0.2, 0.25) is 5.91 Å². The zero-order chi connectivity index (χ0) is 15.2. The number of nitrogens with zero attached hydrogens (tertiary/aromatic N) is 4. The Hall–Kier alpha value is -1.75. The van der Waals surface area contributed by atoms with Crippen LogP contribution >= 0.6 is 11.6 Å². The lowest BCUT2D eigenvalue weighted by molar-refractivity contribution is -0.134. The molecule has 0 radical (unpaired) electrons. The first-order valence-electron chi connectivity index (χ1n) is 7.03. The van der Waals surface area contributed by atoms with Gasteiger partial charge in [-0.25, -0.2) is 4.98 Å². The summed E-state index contributed by atoms with van der Waals surface area (Å²) < 4.78 is 2.03. The highest BCUT2D eigenvalue weighted by molar-refractivity contribution is 6.31. The largest absolute Gasteiger partial charge is 0.354 e. The Bertz CT molecular complexity index is 694. The van der Waals surface area contributed by atoms with Crippen molar-refractivity contribution in [2.45, 2.75) is 26.3 Å². The number of rotatable bonds is 1. The van der Waals surface area contributed by atoms with Crippen molar-refractivity contribution in [1.82, 2.24) is 14.3 Å². The fourth-order valence-electron chi connectivity index (χ4n) is 3.16. The summed E-state index contributed by atoms with van der Waals surface area (Å²) in [6.45, 7) is 8.08. The Balaban J connectivity index is 1.97. The minimum Gasteiger partial charge on any atom is -0.354 e. The summed E-state index contributed by atoms with van der Waals surface area (Å²) in [5.74, 6) is 1.14. The average molecular weight is 307 g/mol. The first kappa shape index (κ1) is 14.2. The van der Waals surface area contributed by atoms with Gasteiger partial charge in [0.05, 0.1) is 17.3 Å². The lowest BCUT2D eigenvalue weighted by Crippen LogP contribution is -2.61. The van der Waals surface area contributed by atoms with Crippen LogP contribution < -0.4 is 4.90 Å². The monoisotopic (exact) mass is 306 g/mol. The van der Waals surface area contributed by atoms with Crippen molar-refractivity contribution in [3.05, 3.63) is 29.7 Å². The minimum absolute atomic E-state index is 0.124. The zero-order valence-electron chi connectivity index (χ0n) is 12.5. The van der Waals surface area contributed by atoms with E-state index in [4.69, 9.17) is 11.6 Å². The number of halogens is 1. The van der Waals surface area contributed by atoms with Crippen molar-refractivity contribution >= 4 is 28.8 Å². The third-order valence-electron chi connectivity index (χ3n) is 4.07. The molecule has 1 saturated heterocycles. The van der Waals surface area contributed by atoms with E-state index in [0.717, 1.165) is 24.4 Å². The average Bonchev–Trinajstić information content (AvgIpc) is 2.83. The molecule has 112 valence electrons. The molecule has 0 aliphatic carbocycles.